The predicted octanol–water partition coefficient (Wildman–Crippen LogP) is 9.63. The van der Waals surface area contributed by atoms with Crippen molar-refractivity contribution in [2.75, 3.05) is 4.90 Å². The van der Waals surface area contributed by atoms with E-state index in [0.29, 0.717) is 0 Å². The molecule has 0 radical (unpaired) electrons. The molecule has 0 amide bonds. The summed E-state index contributed by atoms with van der Waals surface area (Å²) in [5, 5.41) is 2.46. The number of fused-ring (bicyclic) bond motifs is 4. The highest BCUT2D eigenvalue weighted by atomic mass is 15.1. The van der Waals surface area contributed by atoms with Crippen LogP contribution in [0.25, 0.3) is 34.5 Å². The second-order valence-electron chi connectivity index (χ2n) is 12.4. The fourth-order valence-electron chi connectivity index (χ4n) is 7.21. The molecule has 7 aromatic rings. The maximum Gasteiger partial charge on any atom is 0.221 e. The van der Waals surface area contributed by atoms with Crippen LogP contribution in [0.1, 0.15) is 22.7 Å². The molecule has 0 saturated carbocycles. The van der Waals surface area contributed by atoms with Gasteiger partial charge in [-0.2, -0.15) is 4.58 Å². The van der Waals surface area contributed by atoms with Gasteiger partial charge in [0.25, 0.3) is 0 Å². The summed E-state index contributed by atoms with van der Waals surface area (Å²) in [6, 6.07) is 65.6. The van der Waals surface area contributed by atoms with Gasteiger partial charge >= 0.3 is 0 Å². The third kappa shape index (κ3) is 4.96. The van der Waals surface area contributed by atoms with Crippen LogP contribution in [0.15, 0.2) is 182 Å². The Labute approximate surface area is 281 Å². The minimum absolute atomic E-state index is 0.168. The summed E-state index contributed by atoms with van der Waals surface area (Å²) in [5.41, 5.74) is 13.3. The first-order valence-corrected chi connectivity index (χ1v) is 16.6. The molecule has 0 spiro atoms. The molecule has 1 atom stereocenters. The van der Waals surface area contributed by atoms with Gasteiger partial charge in [-0.15, -0.1) is 0 Å². The molecule has 2 aliphatic rings. The van der Waals surface area contributed by atoms with E-state index in [1.165, 1.54) is 55.1 Å². The molecule has 0 N–H and O–H groups in total. The van der Waals surface area contributed by atoms with Crippen LogP contribution >= 0.6 is 0 Å². The molecule has 2 aliphatic heterocycles. The van der Waals surface area contributed by atoms with Crippen LogP contribution in [0.2, 0.25) is 0 Å². The van der Waals surface area contributed by atoms with Gasteiger partial charge in [-0.3, -0.25) is 0 Å². The van der Waals surface area contributed by atoms with Crippen molar-refractivity contribution in [3.63, 3.8) is 0 Å². The van der Waals surface area contributed by atoms with Gasteiger partial charge in [0.15, 0.2) is 6.20 Å². The summed E-state index contributed by atoms with van der Waals surface area (Å²) in [5.74, 6) is 0. The van der Waals surface area contributed by atoms with E-state index in [0.717, 1.165) is 17.1 Å². The van der Waals surface area contributed by atoms with Crippen LogP contribution < -0.4 is 15.3 Å². The quantitative estimate of drug-likeness (QED) is 0.169. The van der Waals surface area contributed by atoms with Crippen LogP contribution in [0.5, 0.6) is 0 Å². The van der Waals surface area contributed by atoms with Gasteiger partial charge in [-0.1, -0.05) is 127 Å². The van der Waals surface area contributed by atoms with Gasteiger partial charge in [0, 0.05) is 33.4 Å². The summed E-state index contributed by atoms with van der Waals surface area (Å²) >= 11 is 0. The van der Waals surface area contributed by atoms with Crippen molar-refractivity contribution in [2.45, 2.75) is 6.04 Å². The molecule has 2 nitrogen and oxygen atoms in total. The monoisotopic (exact) mass is 613 g/mol. The maximum atomic E-state index is 2.46. The lowest BCUT2D eigenvalue weighted by Crippen LogP contribution is -2.34. The largest absolute Gasteiger partial charge is 0.310 e. The maximum absolute atomic E-state index is 2.46. The predicted molar refractivity (Wildman–Crippen MR) is 199 cm³/mol. The molecule has 48 heavy (non-hydrogen) atoms. The van der Waals surface area contributed by atoms with Gasteiger partial charge in [-0.25, -0.2) is 0 Å². The molecule has 0 aromatic heterocycles. The molecule has 0 fully saturated rings. The van der Waals surface area contributed by atoms with E-state index in [2.05, 4.69) is 204 Å². The third-order valence-electron chi connectivity index (χ3n) is 9.55. The Morgan fingerprint density at radius 1 is 0.396 bits per heavy atom. The van der Waals surface area contributed by atoms with Crippen molar-refractivity contribution in [3.8, 4) is 22.3 Å². The summed E-state index contributed by atoms with van der Waals surface area (Å²) in [4.78, 5) is 2.37. The van der Waals surface area contributed by atoms with Crippen molar-refractivity contribution in [2.24, 2.45) is 0 Å². The van der Waals surface area contributed by atoms with Crippen molar-refractivity contribution in [1.82, 2.24) is 0 Å². The molecule has 1 unspecified atom stereocenters. The van der Waals surface area contributed by atoms with Crippen molar-refractivity contribution in [1.29, 1.82) is 0 Å². The van der Waals surface area contributed by atoms with E-state index in [-0.39, 0.29) is 6.04 Å². The van der Waals surface area contributed by atoms with E-state index in [4.69, 9.17) is 0 Å². The molecule has 226 valence electrons. The average Bonchev–Trinajstić information content (AvgIpc) is 3.48. The molecule has 0 bridgehead atoms. The highest BCUT2D eigenvalue weighted by Crippen LogP contribution is 2.37. The second-order valence-corrected chi connectivity index (χ2v) is 12.4. The van der Waals surface area contributed by atoms with Crippen molar-refractivity contribution in [3.05, 3.63) is 209 Å². The van der Waals surface area contributed by atoms with Gasteiger partial charge in [0.1, 0.15) is 0 Å². The first-order valence-electron chi connectivity index (χ1n) is 16.6. The van der Waals surface area contributed by atoms with E-state index in [9.17, 15) is 0 Å². The molecular formula is C46H33N2+. The third-order valence-corrected chi connectivity index (χ3v) is 9.55. The van der Waals surface area contributed by atoms with E-state index in [1.54, 1.807) is 0 Å². The Kier molecular flexibility index (Phi) is 6.91. The molecule has 0 aliphatic carbocycles. The molecule has 2 heteroatoms. The number of nitrogens with zero attached hydrogens (tertiary/aromatic N) is 2. The first kappa shape index (κ1) is 28.0. The van der Waals surface area contributed by atoms with Crippen LogP contribution in [-0.2, 0) is 0 Å². The Morgan fingerprint density at radius 2 is 0.875 bits per heavy atom. The van der Waals surface area contributed by atoms with Crippen LogP contribution in [0.4, 0.5) is 17.1 Å². The smallest absolute Gasteiger partial charge is 0.221 e. The van der Waals surface area contributed by atoms with E-state index >= 15 is 0 Å². The first-order chi connectivity index (χ1) is 23.8. The molecular weight excluding hydrogens is 581 g/mol. The number of benzene rings is 7. The van der Waals surface area contributed by atoms with Gasteiger partial charge in [0.2, 0.25) is 11.8 Å². The summed E-state index contributed by atoms with van der Waals surface area (Å²) < 4.78 is 2.46. The Hall–Kier alpha value is -6.25. The highest BCUT2D eigenvalue weighted by molar-refractivity contribution is 6.12. The fourth-order valence-corrected chi connectivity index (χ4v) is 7.21. The average molecular weight is 614 g/mol. The zero-order valence-electron chi connectivity index (χ0n) is 26.4. The van der Waals surface area contributed by atoms with Gasteiger partial charge < -0.3 is 4.90 Å². The number of rotatable bonds is 6. The lowest BCUT2D eigenvalue weighted by Gasteiger charge is -2.26. The topological polar surface area (TPSA) is 6.25 Å². The van der Waals surface area contributed by atoms with Crippen LogP contribution in [0, 0.1) is 0 Å². The van der Waals surface area contributed by atoms with Crippen molar-refractivity contribution >= 4 is 35.0 Å². The Balaban J connectivity index is 1.19. The van der Waals surface area contributed by atoms with Crippen LogP contribution in [-0.4, -0.2) is 10.3 Å². The van der Waals surface area contributed by atoms with E-state index in [1.807, 2.05) is 0 Å². The molecule has 2 heterocycles. The number of hydrogen-bond donors (Lipinski definition) is 0. The zero-order chi connectivity index (χ0) is 31.9. The summed E-state index contributed by atoms with van der Waals surface area (Å²) in [6.07, 6.45) is 4.77. The Bertz CT molecular complexity index is 2330. The van der Waals surface area contributed by atoms with Crippen molar-refractivity contribution < 1.29 is 4.58 Å². The number of anilines is 3. The highest BCUT2D eigenvalue weighted by Gasteiger charge is 2.38. The lowest BCUT2D eigenvalue weighted by molar-refractivity contribution is -0.448. The SMILES string of the molecule is C1=c2ccc(N(c3ccc(-c4ccccc4)cc3)c3ccc(-c4ccccc4)cc3)cc2=C[N+]2=C(c3ccccc3)c3ccccc3C12. The molecule has 0 saturated heterocycles. The molecule has 9 rings (SSSR count). The number of hydrogen-bond acceptors (Lipinski definition) is 1. The normalized spacial score (nSPS) is 14.3. The fraction of sp³-hybridized carbons (Fsp3) is 0.0217. The summed E-state index contributed by atoms with van der Waals surface area (Å²) in [6.45, 7) is 0. The van der Waals surface area contributed by atoms with Gasteiger partial charge in [0.05, 0.1) is 5.56 Å². The summed E-state index contributed by atoms with van der Waals surface area (Å²) in [7, 11) is 0. The lowest BCUT2D eigenvalue weighted by atomic mass is 9.97. The standard InChI is InChI=1S/C46H33N2/c1-4-12-33(13-5-1)35-20-25-40(26-21-35)48(41-27-22-36(23-28-41)34-14-6-2-7-15-34)42-29-24-38-31-45-43-18-10-11-19-44(43)46(37-16-8-3-9-17-37)47(45)32-39(38)30-42/h1-32,45H/q+1. The molecule has 7 aromatic carbocycles. The minimum Gasteiger partial charge on any atom is -0.310 e. The zero-order valence-corrected chi connectivity index (χ0v) is 26.4. The minimum atomic E-state index is 0.168. The Morgan fingerprint density at radius 3 is 1.46 bits per heavy atom. The van der Waals surface area contributed by atoms with E-state index < -0.39 is 0 Å². The second kappa shape index (κ2) is 11.8. The van der Waals surface area contributed by atoms with Crippen LogP contribution in [0.3, 0.4) is 0 Å². The van der Waals surface area contributed by atoms with Gasteiger partial charge in [-0.05, 0) is 88.1 Å².